The summed E-state index contributed by atoms with van der Waals surface area (Å²) in [4.78, 5) is 10.9. The van der Waals surface area contributed by atoms with Gasteiger partial charge >= 0.3 is 5.97 Å². The molecule has 0 amide bonds. The minimum absolute atomic E-state index is 0.138. The van der Waals surface area contributed by atoms with E-state index in [1.807, 2.05) is 6.92 Å². The van der Waals surface area contributed by atoms with Crippen molar-refractivity contribution < 1.29 is 18.3 Å². The number of hydrogen-bond acceptors (Lipinski definition) is 3. The van der Waals surface area contributed by atoms with E-state index in [1.165, 1.54) is 12.1 Å². The van der Waals surface area contributed by atoms with Crippen LogP contribution in [0.5, 0.6) is 0 Å². The first kappa shape index (κ1) is 12.1. The van der Waals surface area contributed by atoms with Crippen LogP contribution >= 0.6 is 0 Å². The van der Waals surface area contributed by atoms with Gasteiger partial charge in [-0.15, -0.1) is 0 Å². The van der Waals surface area contributed by atoms with Crippen molar-refractivity contribution in [2.24, 2.45) is 0 Å². The topological polar surface area (TPSA) is 74.5 Å². The number of carboxylic acids is 1. The lowest BCUT2D eigenvalue weighted by molar-refractivity contribution is -0.136. The van der Waals surface area contributed by atoms with Gasteiger partial charge in [-0.25, -0.2) is 8.42 Å². The maximum Gasteiger partial charge on any atom is 0.323 e. The number of benzene rings is 1. The lowest BCUT2D eigenvalue weighted by atomic mass is 10.2. The highest BCUT2D eigenvalue weighted by Crippen LogP contribution is 2.35. The monoisotopic (exact) mass is 255 g/mol. The zero-order valence-electron chi connectivity index (χ0n) is 9.49. The maximum atomic E-state index is 12.1. The van der Waals surface area contributed by atoms with Gasteiger partial charge in [0.25, 0.3) is 0 Å². The molecule has 1 aliphatic rings. The van der Waals surface area contributed by atoms with Crippen LogP contribution in [0.3, 0.4) is 0 Å². The van der Waals surface area contributed by atoms with E-state index < -0.39 is 28.1 Å². The molecular weight excluding hydrogens is 242 g/mol. The Morgan fingerprint density at radius 2 is 1.82 bits per heavy atom. The minimum atomic E-state index is -3.67. The van der Waals surface area contributed by atoms with E-state index in [4.69, 9.17) is 5.11 Å². The fourth-order valence-electron chi connectivity index (χ4n) is 1.84. The zero-order valence-corrected chi connectivity index (χ0v) is 10.3. The Hall–Kier alpha value is -1.40. The van der Waals surface area contributed by atoms with Crippen molar-refractivity contribution in [1.82, 2.24) is 4.31 Å². The fraction of sp³-hybridized carbons (Fsp3) is 0.364. The second-order valence-electron chi connectivity index (χ2n) is 4.17. The number of aryl methyl sites for hydroxylation is 1. The Morgan fingerprint density at radius 3 is 2.24 bits per heavy atom. The molecule has 17 heavy (non-hydrogen) atoms. The SMILES string of the molecule is Cc1ccc(S(=O)(=O)N2[C@H](C(=O)O)[C@@H]2C)cc1. The molecular formula is C11H13NO4S. The normalized spacial score (nSPS) is 27.8. The second-order valence-corrected chi connectivity index (χ2v) is 6.01. The van der Waals surface area contributed by atoms with E-state index in [9.17, 15) is 13.2 Å². The van der Waals surface area contributed by atoms with Gasteiger partial charge in [0.2, 0.25) is 10.0 Å². The second kappa shape index (κ2) is 3.82. The summed E-state index contributed by atoms with van der Waals surface area (Å²) >= 11 is 0. The Labute approximate surface area is 99.7 Å². The molecule has 0 spiro atoms. The van der Waals surface area contributed by atoms with Gasteiger partial charge in [-0.3, -0.25) is 4.79 Å². The van der Waals surface area contributed by atoms with Gasteiger partial charge in [-0.2, -0.15) is 4.31 Å². The maximum absolute atomic E-state index is 12.1. The molecule has 1 unspecified atom stereocenters. The summed E-state index contributed by atoms with van der Waals surface area (Å²) in [6.45, 7) is 3.45. The van der Waals surface area contributed by atoms with Gasteiger partial charge in [0, 0.05) is 0 Å². The zero-order chi connectivity index (χ0) is 12.8. The highest BCUT2D eigenvalue weighted by molar-refractivity contribution is 7.89. The van der Waals surface area contributed by atoms with E-state index in [0.717, 1.165) is 9.87 Å². The van der Waals surface area contributed by atoms with Crippen molar-refractivity contribution >= 4 is 16.0 Å². The van der Waals surface area contributed by atoms with E-state index >= 15 is 0 Å². The number of carbonyl (C=O) groups is 1. The summed E-state index contributed by atoms with van der Waals surface area (Å²) in [6.07, 6.45) is 0. The lowest BCUT2D eigenvalue weighted by Gasteiger charge is -2.05. The molecule has 1 heterocycles. The first-order valence-electron chi connectivity index (χ1n) is 5.18. The standard InChI is InChI=1S/C11H13NO4S/c1-7-3-5-9(6-4-7)17(15,16)12-8(2)10(12)11(13)14/h3-6,8,10H,1-2H3,(H,13,14)/t8-,10-,12?/m0/s1. The third-order valence-electron chi connectivity index (χ3n) is 2.89. The molecule has 1 fully saturated rings. The molecule has 0 aromatic heterocycles. The molecule has 5 nitrogen and oxygen atoms in total. The van der Waals surface area contributed by atoms with Crippen molar-refractivity contribution in [2.45, 2.75) is 30.8 Å². The minimum Gasteiger partial charge on any atom is -0.480 e. The molecule has 1 aliphatic heterocycles. The first-order valence-corrected chi connectivity index (χ1v) is 6.62. The van der Waals surface area contributed by atoms with Crippen molar-refractivity contribution in [1.29, 1.82) is 0 Å². The van der Waals surface area contributed by atoms with Crippen LogP contribution in [0.15, 0.2) is 29.2 Å². The quantitative estimate of drug-likeness (QED) is 0.812. The van der Waals surface area contributed by atoms with Gasteiger partial charge < -0.3 is 5.11 Å². The summed E-state index contributed by atoms with van der Waals surface area (Å²) in [6, 6.07) is 4.97. The van der Waals surface area contributed by atoms with Gasteiger partial charge in [0.1, 0.15) is 6.04 Å². The van der Waals surface area contributed by atoms with Gasteiger partial charge in [0.15, 0.2) is 0 Å². The highest BCUT2D eigenvalue weighted by atomic mass is 32.2. The van der Waals surface area contributed by atoms with Crippen molar-refractivity contribution in [2.75, 3.05) is 0 Å². The van der Waals surface area contributed by atoms with Crippen LogP contribution in [0.1, 0.15) is 12.5 Å². The van der Waals surface area contributed by atoms with E-state index in [2.05, 4.69) is 0 Å². The van der Waals surface area contributed by atoms with Crippen LogP contribution in [0.25, 0.3) is 0 Å². The molecule has 1 N–H and O–H groups in total. The number of aliphatic carboxylic acids is 1. The average Bonchev–Trinajstić information content (AvgIpc) is 2.91. The number of sulfonamides is 1. The smallest absolute Gasteiger partial charge is 0.323 e. The van der Waals surface area contributed by atoms with Crippen LogP contribution in [-0.2, 0) is 14.8 Å². The largest absolute Gasteiger partial charge is 0.480 e. The van der Waals surface area contributed by atoms with Crippen LogP contribution in [0, 0.1) is 6.92 Å². The Balaban J connectivity index is 2.33. The number of carboxylic acid groups (broad SMARTS) is 1. The van der Waals surface area contributed by atoms with E-state index in [1.54, 1.807) is 19.1 Å². The van der Waals surface area contributed by atoms with Gasteiger partial charge in [-0.1, -0.05) is 17.7 Å². The van der Waals surface area contributed by atoms with Gasteiger partial charge in [-0.05, 0) is 26.0 Å². The predicted molar refractivity (Wildman–Crippen MR) is 61.1 cm³/mol. The Kier molecular flexibility index (Phi) is 2.71. The van der Waals surface area contributed by atoms with Crippen LogP contribution in [0.2, 0.25) is 0 Å². The summed E-state index contributed by atoms with van der Waals surface area (Å²) in [7, 11) is -3.67. The molecule has 0 aliphatic carbocycles. The highest BCUT2D eigenvalue weighted by Gasteiger charge is 2.57. The van der Waals surface area contributed by atoms with E-state index in [-0.39, 0.29) is 4.90 Å². The number of nitrogens with zero attached hydrogens (tertiary/aromatic N) is 1. The number of rotatable bonds is 3. The molecule has 1 aromatic carbocycles. The third-order valence-corrected chi connectivity index (χ3v) is 4.87. The molecule has 0 radical (unpaired) electrons. The predicted octanol–water partition coefficient (Wildman–Crippen LogP) is 0.841. The average molecular weight is 255 g/mol. The van der Waals surface area contributed by atoms with Crippen LogP contribution < -0.4 is 0 Å². The summed E-state index contributed by atoms with van der Waals surface area (Å²) in [5.41, 5.74) is 0.956. The summed E-state index contributed by atoms with van der Waals surface area (Å²) in [5, 5.41) is 8.84. The summed E-state index contributed by atoms with van der Waals surface area (Å²) < 4.78 is 25.2. The molecule has 1 saturated heterocycles. The van der Waals surface area contributed by atoms with Gasteiger partial charge in [0.05, 0.1) is 10.9 Å². The fourth-order valence-corrected chi connectivity index (χ4v) is 3.63. The lowest BCUT2D eigenvalue weighted by Crippen LogP contribution is -2.19. The molecule has 6 heteroatoms. The first-order chi connectivity index (χ1) is 7.85. The van der Waals surface area contributed by atoms with Crippen LogP contribution in [-0.4, -0.2) is 35.9 Å². The molecule has 3 atom stereocenters. The van der Waals surface area contributed by atoms with Crippen molar-refractivity contribution in [3.8, 4) is 0 Å². The van der Waals surface area contributed by atoms with Crippen molar-refractivity contribution in [3.63, 3.8) is 0 Å². The van der Waals surface area contributed by atoms with E-state index in [0.29, 0.717) is 0 Å². The summed E-state index contributed by atoms with van der Waals surface area (Å²) in [5.74, 6) is -1.10. The third kappa shape index (κ3) is 1.94. The molecule has 92 valence electrons. The molecule has 1 aromatic rings. The molecule has 0 bridgehead atoms. The molecule has 0 saturated carbocycles. The Morgan fingerprint density at radius 1 is 1.29 bits per heavy atom. The van der Waals surface area contributed by atoms with Crippen LogP contribution in [0.4, 0.5) is 0 Å². The Bertz CT molecular complexity index is 549. The number of hydrogen-bond donors (Lipinski definition) is 1. The van der Waals surface area contributed by atoms with Crippen molar-refractivity contribution in [3.05, 3.63) is 29.8 Å². The molecule has 2 rings (SSSR count).